The monoisotopic (exact) mass is 238 g/mol. The van der Waals surface area contributed by atoms with Gasteiger partial charge >= 0.3 is 5.97 Å². The van der Waals surface area contributed by atoms with E-state index >= 15 is 0 Å². The summed E-state index contributed by atoms with van der Waals surface area (Å²) in [5.41, 5.74) is 0.586. The maximum atomic E-state index is 11.3. The fraction of sp³-hybridized carbons (Fsp3) is 0.333. The molecule has 0 aromatic heterocycles. The second kappa shape index (κ2) is 4.86. The molecule has 0 unspecified atom stereocenters. The van der Waals surface area contributed by atoms with Crippen LogP contribution in [0.5, 0.6) is 11.5 Å². The SMILES string of the molecule is CC(=O)OCc1c(O)c(C)cc(C(C)=O)c1O. The van der Waals surface area contributed by atoms with Crippen molar-refractivity contribution in [3.63, 3.8) is 0 Å². The van der Waals surface area contributed by atoms with Crippen LogP contribution in [0.2, 0.25) is 0 Å². The van der Waals surface area contributed by atoms with Gasteiger partial charge in [0.25, 0.3) is 0 Å². The number of aryl methyl sites for hydroxylation is 1. The lowest BCUT2D eigenvalue weighted by Crippen LogP contribution is -2.03. The molecule has 1 aromatic carbocycles. The number of phenolic OH excluding ortho intramolecular Hbond substituents is 2. The number of Topliss-reactive ketones (excluding diaryl/α,β-unsaturated/α-hetero) is 1. The average Bonchev–Trinajstić information content (AvgIpc) is 2.22. The number of carbonyl (C=O) groups is 2. The Morgan fingerprint density at radius 1 is 1.24 bits per heavy atom. The lowest BCUT2D eigenvalue weighted by molar-refractivity contribution is -0.142. The van der Waals surface area contributed by atoms with Crippen LogP contribution in [-0.4, -0.2) is 22.0 Å². The molecule has 0 fully saturated rings. The third kappa shape index (κ3) is 2.75. The van der Waals surface area contributed by atoms with E-state index in [9.17, 15) is 19.8 Å². The highest BCUT2D eigenvalue weighted by Gasteiger charge is 2.18. The van der Waals surface area contributed by atoms with Crippen molar-refractivity contribution in [1.82, 2.24) is 0 Å². The summed E-state index contributed by atoms with van der Waals surface area (Å²) in [5, 5.41) is 19.5. The van der Waals surface area contributed by atoms with E-state index in [1.165, 1.54) is 19.9 Å². The molecular formula is C12H14O5. The van der Waals surface area contributed by atoms with Crippen molar-refractivity contribution in [2.24, 2.45) is 0 Å². The number of hydrogen-bond donors (Lipinski definition) is 2. The lowest BCUT2D eigenvalue weighted by Gasteiger charge is -2.12. The molecule has 1 aromatic rings. The van der Waals surface area contributed by atoms with Gasteiger partial charge in [0.1, 0.15) is 18.1 Å². The van der Waals surface area contributed by atoms with E-state index in [1.54, 1.807) is 6.92 Å². The summed E-state index contributed by atoms with van der Waals surface area (Å²) in [6.45, 7) is 3.85. The molecule has 0 amide bonds. The van der Waals surface area contributed by atoms with Crippen molar-refractivity contribution in [3.05, 3.63) is 22.8 Å². The first-order valence-corrected chi connectivity index (χ1v) is 5.03. The minimum atomic E-state index is -0.533. The smallest absolute Gasteiger partial charge is 0.302 e. The molecule has 0 saturated carbocycles. The molecule has 0 atom stereocenters. The van der Waals surface area contributed by atoms with Crippen molar-refractivity contribution in [3.8, 4) is 11.5 Å². The third-order valence-corrected chi connectivity index (χ3v) is 2.36. The second-order valence-corrected chi connectivity index (χ2v) is 3.75. The van der Waals surface area contributed by atoms with Crippen molar-refractivity contribution in [1.29, 1.82) is 0 Å². The normalized spacial score (nSPS) is 10.1. The Kier molecular flexibility index (Phi) is 3.73. The van der Waals surface area contributed by atoms with Gasteiger partial charge in [0.05, 0.1) is 11.1 Å². The van der Waals surface area contributed by atoms with Crippen LogP contribution in [0.3, 0.4) is 0 Å². The Hall–Kier alpha value is -2.04. The van der Waals surface area contributed by atoms with Crippen LogP contribution in [0.4, 0.5) is 0 Å². The summed E-state index contributed by atoms with van der Waals surface area (Å²) < 4.78 is 4.71. The Bertz CT molecular complexity index is 476. The summed E-state index contributed by atoms with van der Waals surface area (Å²) in [6.07, 6.45) is 0. The van der Waals surface area contributed by atoms with Gasteiger partial charge in [-0.15, -0.1) is 0 Å². The standard InChI is InChI=1S/C12H14O5/c1-6-4-9(7(2)13)12(16)10(11(6)15)5-17-8(3)14/h4,15-16H,5H2,1-3H3. The van der Waals surface area contributed by atoms with E-state index in [0.717, 1.165) is 0 Å². The molecule has 17 heavy (non-hydrogen) atoms. The van der Waals surface area contributed by atoms with Gasteiger partial charge in [0, 0.05) is 6.92 Å². The Labute approximate surface area is 98.6 Å². The first-order chi connectivity index (χ1) is 7.84. The fourth-order valence-electron chi connectivity index (χ4n) is 1.44. The largest absolute Gasteiger partial charge is 0.507 e. The first kappa shape index (κ1) is 13.0. The van der Waals surface area contributed by atoms with Gasteiger partial charge in [-0.1, -0.05) is 0 Å². The van der Waals surface area contributed by atoms with E-state index in [-0.39, 0.29) is 35.0 Å². The third-order valence-electron chi connectivity index (χ3n) is 2.36. The van der Waals surface area contributed by atoms with Crippen LogP contribution >= 0.6 is 0 Å². The van der Waals surface area contributed by atoms with Crippen LogP contribution in [0.15, 0.2) is 6.07 Å². The molecule has 1 rings (SSSR count). The zero-order valence-electron chi connectivity index (χ0n) is 9.90. The highest BCUT2D eigenvalue weighted by atomic mass is 16.5. The van der Waals surface area contributed by atoms with Crippen molar-refractivity contribution >= 4 is 11.8 Å². The molecule has 2 N–H and O–H groups in total. The number of ether oxygens (including phenoxy) is 1. The van der Waals surface area contributed by atoms with Gasteiger partial charge in [-0.3, -0.25) is 9.59 Å². The predicted molar refractivity (Wildman–Crippen MR) is 60.0 cm³/mol. The number of carbonyl (C=O) groups excluding carboxylic acids is 2. The van der Waals surface area contributed by atoms with Crippen LogP contribution in [0.1, 0.15) is 35.3 Å². The molecule has 0 spiro atoms. The number of rotatable bonds is 3. The van der Waals surface area contributed by atoms with E-state index < -0.39 is 5.97 Å². The molecule has 0 aliphatic rings. The quantitative estimate of drug-likeness (QED) is 0.618. The van der Waals surface area contributed by atoms with Gasteiger partial charge in [-0.25, -0.2) is 0 Å². The van der Waals surface area contributed by atoms with Gasteiger partial charge in [0.15, 0.2) is 5.78 Å². The van der Waals surface area contributed by atoms with Crippen molar-refractivity contribution in [2.45, 2.75) is 27.4 Å². The first-order valence-electron chi connectivity index (χ1n) is 5.03. The summed E-state index contributed by atoms with van der Waals surface area (Å²) in [4.78, 5) is 22.0. The zero-order valence-corrected chi connectivity index (χ0v) is 9.90. The molecular weight excluding hydrogens is 224 g/mol. The summed E-state index contributed by atoms with van der Waals surface area (Å²) in [7, 11) is 0. The van der Waals surface area contributed by atoms with E-state index in [1.807, 2.05) is 0 Å². The average molecular weight is 238 g/mol. The van der Waals surface area contributed by atoms with Gasteiger partial charge in [-0.2, -0.15) is 0 Å². The molecule has 0 radical (unpaired) electrons. The summed E-state index contributed by atoms with van der Waals surface area (Å²) in [5.74, 6) is -1.38. The minimum Gasteiger partial charge on any atom is -0.507 e. The van der Waals surface area contributed by atoms with E-state index in [0.29, 0.717) is 5.56 Å². The molecule has 5 nitrogen and oxygen atoms in total. The van der Waals surface area contributed by atoms with E-state index in [2.05, 4.69) is 0 Å². The van der Waals surface area contributed by atoms with Gasteiger partial charge < -0.3 is 14.9 Å². The zero-order chi connectivity index (χ0) is 13.2. The topological polar surface area (TPSA) is 83.8 Å². The number of benzene rings is 1. The fourth-order valence-corrected chi connectivity index (χ4v) is 1.44. The lowest BCUT2D eigenvalue weighted by atomic mass is 10.0. The number of aromatic hydroxyl groups is 2. The van der Waals surface area contributed by atoms with E-state index in [4.69, 9.17) is 4.74 Å². The maximum absolute atomic E-state index is 11.3. The Balaban J connectivity index is 3.26. The number of hydrogen-bond acceptors (Lipinski definition) is 5. The number of phenols is 2. The van der Waals surface area contributed by atoms with Crippen molar-refractivity contribution < 1.29 is 24.5 Å². The predicted octanol–water partition coefficient (Wildman–Crippen LogP) is 1.67. The highest BCUT2D eigenvalue weighted by molar-refractivity contribution is 5.97. The molecule has 0 bridgehead atoms. The second-order valence-electron chi connectivity index (χ2n) is 3.75. The molecule has 0 saturated heterocycles. The number of esters is 1. The Morgan fingerprint density at radius 3 is 2.29 bits per heavy atom. The van der Waals surface area contributed by atoms with Crippen LogP contribution in [-0.2, 0) is 16.1 Å². The summed E-state index contributed by atoms with van der Waals surface area (Å²) >= 11 is 0. The summed E-state index contributed by atoms with van der Waals surface area (Å²) in [6, 6.07) is 1.39. The van der Waals surface area contributed by atoms with Crippen LogP contribution in [0.25, 0.3) is 0 Å². The Morgan fingerprint density at radius 2 is 1.82 bits per heavy atom. The molecule has 92 valence electrons. The van der Waals surface area contributed by atoms with Gasteiger partial charge in [-0.05, 0) is 25.5 Å². The maximum Gasteiger partial charge on any atom is 0.302 e. The van der Waals surface area contributed by atoms with Crippen LogP contribution < -0.4 is 0 Å². The number of ketones is 1. The van der Waals surface area contributed by atoms with Crippen molar-refractivity contribution in [2.75, 3.05) is 0 Å². The molecule has 5 heteroatoms. The molecule has 0 aliphatic heterocycles. The van der Waals surface area contributed by atoms with Gasteiger partial charge in [0.2, 0.25) is 0 Å². The van der Waals surface area contributed by atoms with Crippen LogP contribution in [0, 0.1) is 6.92 Å². The molecule has 0 aliphatic carbocycles. The molecule has 0 heterocycles. The highest BCUT2D eigenvalue weighted by Crippen LogP contribution is 2.34. The minimum absolute atomic E-state index is 0.0467.